The molecule has 0 amide bonds. The van der Waals surface area contributed by atoms with E-state index in [4.69, 9.17) is 4.98 Å². The molecule has 0 aliphatic carbocycles. The van der Waals surface area contributed by atoms with Crippen LogP contribution in [0, 0.1) is 6.92 Å². The molecular weight excluding hydrogens is 262 g/mol. The summed E-state index contributed by atoms with van der Waals surface area (Å²) in [6, 6.07) is 0.616. The van der Waals surface area contributed by atoms with Crippen LogP contribution < -0.4 is 10.2 Å². The second-order valence-corrected chi connectivity index (χ2v) is 7.01. The molecule has 18 heavy (non-hydrogen) atoms. The van der Waals surface area contributed by atoms with E-state index in [1.54, 1.807) is 0 Å². The van der Waals surface area contributed by atoms with Gasteiger partial charge in [0.25, 0.3) is 0 Å². The van der Waals surface area contributed by atoms with Crippen LogP contribution in [0.5, 0.6) is 0 Å². The predicted molar refractivity (Wildman–Crippen MR) is 83.0 cm³/mol. The molecule has 1 fully saturated rings. The number of aromatic nitrogens is 1. The van der Waals surface area contributed by atoms with Crippen molar-refractivity contribution >= 4 is 28.2 Å². The Morgan fingerprint density at radius 3 is 3.06 bits per heavy atom. The van der Waals surface area contributed by atoms with Crippen molar-refractivity contribution < 1.29 is 0 Å². The molecule has 3 nitrogen and oxygen atoms in total. The third-order valence-corrected chi connectivity index (χ3v) is 5.59. The highest BCUT2D eigenvalue weighted by Crippen LogP contribution is 2.30. The number of anilines is 1. The minimum atomic E-state index is 0.616. The minimum absolute atomic E-state index is 0.616. The van der Waals surface area contributed by atoms with Gasteiger partial charge >= 0.3 is 0 Å². The van der Waals surface area contributed by atoms with E-state index < -0.39 is 0 Å². The molecule has 1 aliphatic heterocycles. The summed E-state index contributed by atoms with van der Waals surface area (Å²) >= 11 is 3.92. The Morgan fingerprint density at radius 2 is 2.33 bits per heavy atom. The van der Waals surface area contributed by atoms with Gasteiger partial charge in [0.15, 0.2) is 5.13 Å². The van der Waals surface area contributed by atoms with Crippen LogP contribution in [0.4, 0.5) is 5.13 Å². The lowest BCUT2D eigenvalue weighted by Gasteiger charge is -2.32. The Bertz CT molecular complexity index is 378. The lowest BCUT2D eigenvalue weighted by atomic mass is 10.3. The van der Waals surface area contributed by atoms with Crippen LogP contribution >= 0.6 is 23.1 Å². The Hall–Kier alpha value is -0.260. The molecule has 5 heteroatoms. The van der Waals surface area contributed by atoms with Gasteiger partial charge in [-0.1, -0.05) is 6.92 Å². The molecule has 0 saturated carbocycles. The van der Waals surface area contributed by atoms with Crippen LogP contribution in [0.1, 0.15) is 30.8 Å². The zero-order valence-electron chi connectivity index (χ0n) is 11.5. The number of rotatable bonds is 5. The molecule has 0 bridgehead atoms. The number of hydrogen-bond donors (Lipinski definition) is 1. The summed E-state index contributed by atoms with van der Waals surface area (Å²) in [6.07, 6.45) is 1.19. The molecule has 1 aromatic heterocycles. The summed E-state index contributed by atoms with van der Waals surface area (Å²) in [6.45, 7) is 9.83. The van der Waals surface area contributed by atoms with E-state index in [1.807, 2.05) is 11.3 Å². The topological polar surface area (TPSA) is 28.2 Å². The lowest BCUT2D eigenvalue weighted by Crippen LogP contribution is -2.40. The number of hydrogen-bond acceptors (Lipinski definition) is 5. The highest BCUT2D eigenvalue weighted by atomic mass is 32.2. The molecule has 102 valence electrons. The van der Waals surface area contributed by atoms with Crippen molar-refractivity contribution in [2.45, 2.75) is 39.8 Å². The summed E-state index contributed by atoms with van der Waals surface area (Å²) < 4.78 is 0. The largest absolute Gasteiger partial charge is 0.344 e. The monoisotopic (exact) mass is 285 g/mol. The number of thioether (sulfide) groups is 1. The van der Waals surface area contributed by atoms with Gasteiger partial charge in [-0.2, -0.15) is 11.8 Å². The van der Waals surface area contributed by atoms with Crippen molar-refractivity contribution in [1.29, 1.82) is 0 Å². The van der Waals surface area contributed by atoms with Crippen molar-refractivity contribution in [3.05, 3.63) is 10.6 Å². The van der Waals surface area contributed by atoms with Crippen LogP contribution in [0.25, 0.3) is 0 Å². The first kappa shape index (κ1) is 14.2. The van der Waals surface area contributed by atoms with Crippen LogP contribution in [0.3, 0.4) is 0 Å². The van der Waals surface area contributed by atoms with Gasteiger partial charge in [-0.05, 0) is 26.8 Å². The molecule has 0 aromatic carbocycles. The fourth-order valence-electron chi connectivity index (χ4n) is 2.09. The van der Waals surface area contributed by atoms with Gasteiger partial charge < -0.3 is 10.2 Å². The second kappa shape index (κ2) is 6.78. The third kappa shape index (κ3) is 3.39. The van der Waals surface area contributed by atoms with Crippen LogP contribution in [-0.2, 0) is 6.54 Å². The normalized spacial score (nSPS) is 20.4. The summed E-state index contributed by atoms with van der Waals surface area (Å²) in [7, 11) is 0. The number of nitrogens with zero attached hydrogens (tertiary/aromatic N) is 2. The summed E-state index contributed by atoms with van der Waals surface area (Å²) in [5, 5.41) is 4.68. The van der Waals surface area contributed by atoms with E-state index in [9.17, 15) is 0 Å². The van der Waals surface area contributed by atoms with Crippen LogP contribution in [-0.4, -0.2) is 35.6 Å². The van der Waals surface area contributed by atoms with E-state index >= 15 is 0 Å². The maximum Gasteiger partial charge on any atom is 0.186 e. The summed E-state index contributed by atoms with van der Waals surface area (Å²) in [5.41, 5.74) is 1.20. The Labute approximate surface area is 118 Å². The van der Waals surface area contributed by atoms with Gasteiger partial charge in [-0.25, -0.2) is 4.98 Å². The molecular formula is C13H23N3S2. The van der Waals surface area contributed by atoms with Crippen LogP contribution in [0.15, 0.2) is 0 Å². The van der Waals surface area contributed by atoms with E-state index in [0.29, 0.717) is 6.04 Å². The molecule has 0 radical (unpaired) electrons. The fourth-order valence-corrected chi connectivity index (χ4v) is 4.26. The zero-order chi connectivity index (χ0) is 13.0. The van der Waals surface area contributed by atoms with Crippen molar-refractivity contribution in [2.24, 2.45) is 0 Å². The SMILES string of the molecule is CCCNCc1sc(N2CCSCC2C)nc1C. The number of aryl methyl sites for hydroxylation is 1. The van der Waals surface area contributed by atoms with Crippen molar-refractivity contribution in [3.63, 3.8) is 0 Å². The fraction of sp³-hybridized carbons (Fsp3) is 0.769. The first-order valence-electron chi connectivity index (χ1n) is 6.73. The molecule has 1 unspecified atom stereocenters. The van der Waals surface area contributed by atoms with Gasteiger partial charge in [0, 0.05) is 35.5 Å². The van der Waals surface area contributed by atoms with E-state index in [2.05, 4.69) is 42.7 Å². The standard InChI is InChI=1S/C13H23N3S2/c1-4-5-14-8-12-11(3)15-13(18-12)16-6-7-17-9-10(16)2/h10,14H,4-9H2,1-3H3. The highest BCUT2D eigenvalue weighted by molar-refractivity contribution is 7.99. The molecule has 1 saturated heterocycles. The molecule has 2 heterocycles. The molecule has 1 aliphatic rings. The molecule has 1 N–H and O–H groups in total. The van der Waals surface area contributed by atoms with Crippen molar-refractivity contribution in [3.8, 4) is 0 Å². The Kier molecular flexibility index (Phi) is 5.33. The zero-order valence-corrected chi connectivity index (χ0v) is 13.2. The van der Waals surface area contributed by atoms with E-state index in [0.717, 1.165) is 19.6 Å². The third-order valence-electron chi connectivity index (χ3n) is 3.21. The maximum atomic E-state index is 4.76. The Balaban J connectivity index is 2.02. The number of thiazole rings is 1. The quantitative estimate of drug-likeness (QED) is 0.842. The molecule has 1 atom stereocenters. The first-order valence-corrected chi connectivity index (χ1v) is 8.71. The van der Waals surface area contributed by atoms with Gasteiger partial charge in [0.1, 0.15) is 0 Å². The first-order chi connectivity index (χ1) is 8.72. The highest BCUT2D eigenvalue weighted by Gasteiger charge is 2.22. The number of nitrogens with one attached hydrogen (secondary N) is 1. The predicted octanol–water partition coefficient (Wildman–Crippen LogP) is 2.89. The molecule has 2 rings (SSSR count). The minimum Gasteiger partial charge on any atom is -0.344 e. The Morgan fingerprint density at radius 1 is 1.50 bits per heavy atom. The average Bonchev–Trinajstić information content (AvgIpc) is 2.72. The molecule has 1 aromatic rings. The van der Waals surface area contributed by atoms with Gasteiger partial charge in [0.05, 0.1) is 5.69 Å². The van der Waals surface area contributed by atoms with Crippen molar-refractivity contribution in [2.75, 3.05) is 29.5 Å². The second-order valence-electron chi connectivity index (χ2n) is 4.80. The maximum absolute atomic E-state index is 4.76. The van der Waals surface area contributed by atoms with Gasteiger partial charge in [0.2, 0.25) is 0 Å². The van der Waals surface area contributed by atoms with Gasteiger partial charge in [-0.15, -0.1) is 11.3 Å². The molecule has 0 spiro atoms. The van der Waals surface area contributed by atoms with Gasteiger partial charge in [-0.3, -0.25) is 0 Å². The summed E-state index contributed by atoms with van der Waals surface area (Å²) in [5.74, 6) is 2.45. The van der Waals surface area contributed by atoms with E-state index in [1.165, 1.54) is 33.6 Å². The summed E-state index contributed by atoms with van der Waals surface area (Å²) in [4.78, 5) is 8.62. The smallest absolute Gasteiger partial charge is 0.186 e. The van der Waals surface area contributed by atoms with E-state index in [-0.39, 0.29) is 0 Å². The lowest BCUT2D eigenvalue weighted by molar-refractivity contribution is 0.678. The average molecular weight is 285 g/mol. The van der Waals surface area contributed by atoms with Crippen LogP contribution in [0.2, 0.25) is 0 Å². The van der Waals surface area contributed by atoms with Crippen molar-refractivity contribution in [1.82, 2.24) is 10.3 Å².